The molecule has 106 valence electrons. The third kappa shape index (κ3) is 2.56. The van der Waals surface area contributed by atoms with Gasteiger partial charge in [0.25, 0.3) is 10.0 Å². The van der Waals surface area contributed by atoms with Crippen LogP contribution in [-0.2, 0) is 10.0 Å². The molecule has 4 heteroatoms. The van der Waals surface area contributed by atoms with E-state index >= 15 is 0 Å². The van der Waals surface area contributed by atoms with Gasteiger partial charge in [0.05, 0.1) is 4.90 Å². The maximum Gasteiger partial charge on any atom is 0.263 e. The van der Waals surface area contributed by atoms with E-state index in [4.69, 9.17) is 0 Å². The maximum atomic E-state index is 12.6. The van der Waals surface area contributed by atoms with Gasteiger partial charge < -0.3 is 0 Å². The molecule has 0 amide bonds. The normalized spacial score (nSPS) is 18.8. The summed E-state index contributed by atoms with van der Waals surface area (Å²) in [5, 5.41) is 0. The zero-order valence-corrected chi connectivity index (χ0v) is 12.7. The summed E-state index contributed by atoms with van der Waals surface area (Å²) < 4.78 is 26.6. The van der Waals surface area contributed by atoms with Crippen molar-refractivity contribution in [1.82, 2.24) is 4.31 Å². The predicted molar refractivity (Wildman–Crippen MR) is 81.7 cm³/mol. The zero-order chi connectivity index (χ0) is 14.9. The van der Waals surface area contributed by atoms with Crippen LogP contribution in [0.4, 0.5) is 0 Å². The number of benzene rings is 1. The van der Waals surface area contributed by atoms with Crippen LogP contribution in [0, 0.1) is 12.8 Å². The van der Waals surface area contributed by atoms with Gasteiger partial charge in [0, 0.05) is 18.7 Å². The molecule has 0 bridgehead atoms. The highest BCUT2D eigenvalue weighted by molar-refractivity contribution is 7.89. The largest absolute Gasteiger partial charge is 0.272 e. The fourth-order valence-electron chi connectivity index (χ4n) is 2.24. The topological polar surface area (TPSA) is 37.4 Å². The smallest absolute Gasteiger partial charge is 0.263 e. The van der Waals surface area contributed by atoms with Crippen molar-refractivity contribution in [3.63, 3.8) is 0 Å². The molecule has 0 saturated carbocycles. The molecule has 0 radical (unpaired) electrons. The summed E-state index contributed by atoms with van der Waals surface area (Å²) in [6.07, 6.45) is 3.44. The fraction of sp³-hybridized carbons (Fsp3) is 0.250. The van der Waals surface area contributed by atoms with Crippen molar-refractivity contribution >= 4 is 10.0 Å². The van der Waals surface area contributed by atoms with Gasteiger partial charge >= 0.3 is 0 Å². The third-order valence-corrected chi connectivity index (χ3v) is 5.20. The third-order valence-electron chi connectivity index (χ3n) is 3.46. The Morgan fingerprint density at radius 3 is 2.40 bits per heavy atom. The molecule has 0 aromatic heterocycles. The van der Waals surface area contributed by atoms with Crippen molar-refractivity contribution in [2.24, 2.45) is 5.92 Å². The van der Waals surface area contributed by atoms with Crippen molar-refractivity contribution in [3.8, 4) is 0 Å². The lowest BCUT2D eigenvalue weighted by Crippen LogP contribution is -2.26. The molecular formula is C16H19NO2S. The molecule has 1 aromatic rings. The molecule has 3 nitrogen and oxygen atoms in total. The van der Waals surface area contributed by atoms with Crippen LogP contribution >= 0.6 is 0 Å². The molecule has 1 aromatic carbocycles. The number of hydrogen-bond donors (Lipinski definition) is 0. The lowest BCUT2D eigenvalue weighted by atomic mass is 9.98. The summed E-state index contributed by atoms with van der Waals surface area (Å²) in [6.45, 7) is 11.9. The number of rotatable bonds is 4. The van der Waals surface area contributed by atoms with Crippen LogP contribution in [0.2, 0.25) is 0 Å². The van der Waals surface area contributed by atoms with E-state index in [0.717, 1.165) is 16.7 Å². The Bertz CT molecular complexity index is 669. The highest BCUT2D eigenvalue weighted by Crippen LogP contribution is 2.31. The van der Waals surface area contributed by atoms with Gasteiger partial charge in [-0.3, -0.25) is 4.31 Å². The molecular weight excluding hydrogens is 270 g/mol. The average molecular weight is 289 g/mol. The first-order chi connectivity index (χ1) is 9.36. The van der Waals surface area contributed by atoms with Gasteiger partial charge in [-0.1, -0.05) is 35.9 Å². The summed E-state index contributed by atoms with van der Waals surface area (Å²) in [5.74, 6) is 0.00715. The fourth-order valence-corrected chi connectivity index (χ4v) is 3.60. The molecule has 1 heterocycles. The van der Waals surface area contributed by atoms with Crippen molar-refractivity contribution in [3.05, 3.63) is 66.4 Å². The zero-order valence-electron chi connectivity index (χ0n) is 11.8. The molecule has 1 aliphatic rings. The Hall–Kier alpha value is -1.81. The number of nitrogens with zero attached hydrogens (tertiary/aromatic N) is 1. The molecule has 2 rings (SSSR count). The number of aryl methyl sites for hydroxylation is 1. The lowest BCUT2D eigenvalue weighted by molar-refractivity contribution is 0.501. The van der Waals surface area contributed by atoms with E-state index in [9.17, 15) is 8.42 Å². The molecule has 20 heavy (non-hydrogen) atoms. The molecule has 0 N–H and O–H groups in total. The molecule has 0 aliphatic carbocycles. The van der Waals surface area contributed by atoms with Crippen LogP contribution in [0.25, 0.3) is 0 Å². The van der Waals surface area contributed by atoms with Crippen molar-refractivity contribution in [2.75, 3.05) is 6.54 Å². The Morgan fingerprint density at radius 1 is 1.35 bits per heavy atom. The minimum atomic E-state index is -3.50. The van der Waals surface area contributed by atoms with Gasteiger partial charge in [-0.15, -0.1) is 6.58 Å². The van der Waals surface area contributed by atoms with E-state index in [1.165, 1.54) is 4.31 Å². The first kappa shape index (κ1) is 14.6. The molecule has 0 spiro atoms. The molecule has 1 aliphatic heterocycles. The summed E-state index contributed by atoms with van der Waals surface area (Å²) in [7, 11) is -3.50. The Labute approximate surface area is 121 Å². The molecule has 0 fully saturated rings. The van der Waals surface area contributed by atoms with Gasteiger partial charge in [-0.25, -0.2) is 8.42 Å². The number of sulfonamides is 1. The first-order valence-corrected chi connectivity index (χ1v) is 7.89. The van der Waals surface area contributed by atoms with E-state index in [0.29, 0.717) is 11.4 Å². The highest BCUT2D eigenvalue weighted by atomic mass is 32.2. The monoisotopic (exact) mass is 289 g/mol. The Kier molecular flexibility index (Phi) is 3.86. The predicted octanol–water partition coefficient (Wildman–Crippen LogP) is 3.26. The minimum Gasteiger partial charge on any atom is -0.272 e. The number of allylic oxidation sites excluding steroid dienone is 1. The molecule has 1 unspecified atom stereocenters. The number of hydrogen-bond acceptors (Lipinski definition) is 2. The van der Waals surface area contributed by atoms with Gasteiger partial charge in [-0.05, 0) is 31.6 Å². The quantitative estimate of drug-likeness (QED) is 0.798. The van der Waals surface area contributed by atoms with Gasteiger partial charge in [0.2, 0.25) is 0 Å². The van der Waals surface area contributed by atoms with Gasteiger partial charge in [0.15, 0.2) is 0 Å². The van der Waals surface area contributed by atoms with Gasteiger partial charge in [0.1, 0.15) is 0 Å². The van der Waals surface area contributed by atoms with Crippen molar-refractivity contribution < 1.29 is 8.42 Å². The summed E-state index contributed by atoms with van der Waals surface area (Å²) in [6, 6.07) is 6.88. The first-order valence-electron chi connectivity index (χ1n) is 6.45. The summed E-state index contributed by atoms with van der Waals surface area (Å²) >= 11 is 0. The van der Waals surface area contributed by atoms with E-state index in [1.807, 2.05) is 13.8 Å². The minimum absolute atomic E-state index is 0.00715. The maximum absolute atomic E-state index is 12.6. The Balaban J connectivity index is 2.39. The van der Waals surface area contributed by atoms with Crippen LogP contribution < -0.4 is 0 Å². The van der Waals surface area contributed by atoms with Crippen LogP contribution in [-0.4, -0.2) is 19.3 Å². The van der Waals surface area contributed by atoms with E-state index in [-0.39, 0.29) is 5.92 Å². The van der Waals surface area contributed by atoms with Crippen molar-refractivity contribution in [1.29, 1.82) is 0 Å². The highest BCUT2D eigenvalue weighted by Gasteiger charge is 2.31. The molecule has 0 saturated heterocycles. The van der Waals surface area contributed by atoms with Gasteiger partial charge in [-0.2, -0.15) is 0 Å². The van der Waals surface area contributed by atoms with Crippen molar-refractivity contribution in [2.45, 2.75) is 18.7 Å². The second kappa shape index (κ2) is 5.29. The van der Waals surface area contributed by atoms with E-state index < -0.39 is 10.0 Å². The van der Waals surface area contributed by atoms with Crippen LogP contribution in [0.3, 0.4) is 0 Å². The second-order valence-corrected chi connectivity index (χ2v) is 6.99. The standard InChI is InChI=1S/C16H19NO2S/c1-5-14-10-17(11-16(14)12(2)3)20(18,19)15-8-6-13(4)7-9-15/h5-9,11,14H,1-2,10H2,3-4H3. The summed E-state index contributed by atoms with van der Waals surface area (Å²) in [5.41, 5.74) is 2.83. The van der Waals surface area contributed by atoms with Crippen LogP contribution in [0.15, 0.2) is 65.7 Å². The summed E-state index contributed by atoms with van der Waals surface area (Å²) in [4.78, 5) is 0.310. The van der Waals surface area contributed by atoms with Crippen LogP contribution in [0.1, 0.15) is 12.5 Å². The van der Waals surface area contributed by atoms with E-state index in [1.54, 1.807) is 36.5 Å². The second-order valence-electron chi connectivity index (χ2n) is 5.09. The van der Waals surface area contributed by atoms with E-state index in [2.05, 4.69) is 13.2 Å². The average Bonchev–Trinajstić information content (AvgIpc) is 2.84. The molecule has 1 atom stereocenters. The lowest BCUT2D eigenvalue weighted by Gasteiger charge is -2.17. The Morgan fingerprint density at radius 2 is 1.95 bits per heavy atom. The van der Waals surface area contributed by atoms with Crippen LogP contribution in [0.5, 0.6) is 0 Å². The SMILES string of the molecule is C=CC1CN(S(=O)(=O)c2ccc(C)cc2)C=C1C(=C)C.